The van der Waals surface area contributed by atoms with Crippen LogP contribution in [0, 0.1) is 0 Å². The van der Waals surface area contributed by atoms with Crippen LogP contribution in [-0.4, -0.2) is 26.2 Å². The molecule has 8 heteroatoms. The van der Waals surface area contributed by atoms with E-state index in [1.807, 2.05) is 0 Å². The molecule has 10 rings (SSSR count). The van der Waals surface area contributed by atoms with Crippen LogP contribution in [0.5, 0.6) is 0 Å². The summed E-state index contributed by atoms with van der Waals surface area (Å²) in [6.07, 6.45) is 4.61. The number of halogens is 2. The molecule has 2 atom stereocenters. The second-order valence-electron chi connectivity index (χ2n) is 20.2. The van der Waals surface area contributed by atoms with Crippen molar-refractivity contribution in [2.24, 2.45) is 0 Å². The van der Waals surface area contributed by atoms with E-state index < -0.39 is 37.5 Å². The van der Waals surface area contributed by atoms with Gasteiger partial charge in [0.1, 0.15) is 9.52 Å². The molecule has 0 saturated carbocycles. The fourth-order valence-electron chi connectivity index (χ4n) is 10.8. The molecular formula is C62H58Cl2O2Si3Zr. The normalized spacial score (nSPS) is 15.4. The third-order valence-corrected chi connectivity index (χ3v) is 25.1. The van der Waals surface area contributed by atoms with Crippen molar-refractivity contribution in [1.29, 1.82) is 0 Å². The molecule has 2 aliphatic rings. The van der Waals surface area contributed by atoms with Gasteiger partial charge in [-0.3, -0.25) is 0 Å². The minimum absolute atomic E-state index is 0.00265. The van der Waals surface area contributed by atoms with Crippen molar-refractivity contribution in [2.75, 3.05) is 0 Å². The second kappa shape index (κ2) is 21.4. The first-order valence-electron chi connectivity index (χ1n) is 24.0. The Balaban J connectivity index is 0.00000198. The zero-order valence-corrected chi connectivity index (χ0v) is 47.6. The summed E-state index contributed by atoms with van der Waals surface area (Å²) in [7, 11) is 4.67. The number of rotatable bonds is 12. The number of allylic oxidation sites excluding steroid dienone is 2. The maximum absolute atomic E-state index is 7.77. The topological polar surface area (TPSA) is 18.5 Å². The van der Waals surface area contributed by atoms with Crippen molar-refractivity contribution in [1.82, 2.24) is 0 Å². The molecule has 2 unspecified atom stereocenters. The molecule has 0 spiro atoms. The third-order valence-electron chi connectivity index (χ3n) is 13.9. The van der Waals surface area contributed by atoms with E-state index in [2.05, 4.69) is 272 Å². The Bertz CT molecular complexity index is 2790. The summed E-state index contributed by atoms with van der Waals surface area (Å²) in [5, 5.41) is 7.44. The van der Waals surface area contributed by atoms with Crippen LogP contribution in [0.25, 0.3) is 12.2 Å². The zero-order chi connectivity index (χ0) is 48.9. The molecule has 0 fully saturated rings. The van der Waals surface area contributed by atoms with Crippen LogP contribution in [0.3, 0.4) is 0 Å². The van der Waals surface area contributed by atoms with Gasteiger partial charge in [0, 0.05) is 0 Å². The van der Waals surface area contributed by atoms with Crippen LogP contribution < -0.4 is 31.1 Å². The molecule has 0 aromatic heterocycles. The Morgan fingerprint density at radius 2 is 0.657 bits per heavy atom. The molecule has 0 saturated heterocycles. The van der Waals surface area contributed by atoms with Crippen molar-refractivity contribution >= 4 is 86.5 Å². The number of benzene rings is 8. The van der Waals surface area contributed by atoms with Crippen LogP contribution in [-0.2, 0) is 29.7 Å². The Hall–Kier alpha value is -5.05. The fourth-order valence-corrected chi connectivity index (χ4v) is 20.7. The van der Waals surface area contributed by atoms with Gasteiger partial charge in [-0.25, -0.2) is 0 Å². The zero-order valence-electron chi connectivity index (χ0n) is 40.7. The van der Waals surface area contributed by atoms with Gasteiger partial charge in [0.05, 0.1) is 23.4 Å². The molecule has 8 aromatic rings. The molecule has 0 heterocycles. The Morgan fingerprint density at radius 3 is 0.943 bits per heavy atom. The Kier molecular flexibility index (Phi) is 15.2. The summed E-state index contributed by atoms with van der Waals surface area (Å²) in [4.78, 5) is 0. The average Bonchev–Trinajstić information content (AvgIpc) is 3.93. The van der Waals surface area contributed by atoms with E-state index in [-0.39, 0.29) is 21.9 Å². The summed E-state index contributed by atoms with van der Waals surface area (Å²) in [6, 6.07) is 80.2. The van der Waals surface area contributed by atoms with Crippen LogP contribution in [0.1, 0.15) is 86.8 Å². The first-order chi connectivity index (χ1) is 33.9. The first kappa shape index (κ1) is 49.9. The SMILES string of the molecule is CC(C)(C)[Si](OC1=Cc2ccccc2C1c1ccc([Si]c2ccc(C3C(O[Si](c4ccccc4)(c4ccccc4)C(C)(C)C)=Cc4ccccc43)cc2)cc1)(c1ccccc1)c1ccccc1.[Cl][Zr][Cl]. The van der Waals surface area contributed by atoms with Crippen molar-refractivity contribution < 1.29 is 29.7 Å². The van der Waals surface area contributed by atoms with Gasteiger partial charge in [0.2, 0.25) is 0 Å². The molecule has 0 aliphatic heterocycles. The van der Waals surface area contributed by atoms with E-state index in [9.17, 15) is 0 Å². The van der Waals surface area contributed by atoms with Crippen molar-refractivity contribution in [2.45, 2.75) is 63.5 Å². The molecule has 8 aromatic carbocycles. The van der Waals surface area contributed by atoms with Gasteiger partial charge < -0.3 is 8.85 Å². The predicted octanol–water partition coefficient (Wildman–Crippen LogP) is 12.8. The van der Waals surface area contributed by atoms with E-state index >= 15 is 0 Å². The quantitative estimate of drug-likeness (QED) is 0.114. The molecule has 0 N–H and O–H groups in total. The fraction of sp³-hybridized carbons (Fsp3) is 0.161. The number of hydrogen-bond acceptors (Lipinski definition) is 2. The van der Waals surface area contributed by atoms with E-state index in [1.54, 1.807) is 0 Å². The standard InChI is InChI=1S/C62H58O2Si3.2ClH.Zr/c1-61(2,3)66(51-25-11-7-12-26-51,52-27-13-8-14-28-52)63-57-43-47-23-19-21-33-55(47)59(57)45-35-39-49(40-36-45)65-50-41-37-46(38-42-50)60-56-34-22-20-24-48(56)44-58(60)64-67(62(4,5)6,53-29-15-9-16-30-53)54-31-17-10-18-32-54;;;/h7-44,59-60H,1-6H3;2*1H;/q;;;+2/p-2. The third kappa shape index (κ3) is 9.81. The van der Waals surface area contributed by atoms with Gasteiger partial charge in [0.25, 0.3) is 0 Å². The second-order valence-corrected chi connectivity index (χ2v) is 33.8. The molecule has 348 valence electrons. The number of fused-ring (bicyclic) bond motifs is 2. The van der Waals surface area contributed by atoms with E-state index in [4.69, 9.17) is 25.9 Å². The monoisotopic (exact) mass is 1080 g/mol. The van der Waals surface area contributed by atoms with E-state index in [0.717, 1.165) is 11.5 Å². The predicted molar refractivity (Wildman–Crippen MR) is 300 cm³/mol. The maximum atomic E-state index is 7.77. The van der Waals surface area contributed by atoms with Gasteiger partial charge in [-0.1, -0.05) is 270 Å². The van der Waals surface area contributed by atoms with Gasteiger partial charge >= 0.3 is 54.5 Å². The molecular weight excluding hydrogens is 1020 g/mol. The van der Waals surface area contributed by atoms with Crippen molar-refractivity contribution in [3.63, 3.8) is 0 Å². The summed E-state index contributed by atoms with van der Waals surface area (Å²) >= 11 is -0.826. The summed E-state index contributed by atoms with van der Waals surface area (Å²) in [5.41, 5.74) is 7.54. The molecule has 2 aliphatic carbocycles. The van der Waals surface area contributed by atoms with Gasteiger partial charge in [0.15, 0.2) is 0 Å². The van der Waals surface area contributed by atoms with Gasteiger partial charge in [-0.2, -0.15) is 0 Å². The molecule has 0 amide bonds. The molecule has 0 bridgehead atoms. The Morgan fingerprint density at radius 1 is 0.386 bits per heavy atom. The Labute approximate surface area is 439 Å². The minimum atomic E-state index is -2.86. The summed E-state index contributed by atoms with van der Waals surface area (Å²) < 4.78 is 15.5. The van der Waals surface area contributed by atoms with Crippen LogP contribution in [0.15, 0.2) is 230 Å². The van der Waals surface area contributed by atoms with Crippen LogP contribution in [0.4, 0.5) is 0 Å². The van der Waals surface area contributed by atoms with Crippen molar-refractivity contribution in [3.8, 4) is 0 Å². The van der Waals surface area contributed by atoms with Gasteiger partial charge in [-0.15, -0.1) is 0 Å². The molecule has 2 nitrogen and oxygen atoms in total. The van der Waals surface area contributed by atoms with Crippen LogP contribution in [0.2, 0.25) is 10.1 Å². The summed E-state index contributed by atoms with van der Waals surface area (Å²) in [5.74, 6) is 2.05. The van der Waals surface area contributed by atoms with E-state index in [1.165, 1.54) is 64.5 Å². The van der Waals surface area contributed by atoms with E-state index in [0.29, 0.717) is 9.52 Å². The van der Waals surface area contributed by atoms with Crippen molar-refractivity contribution in [3.05, 3.63) is 263 Å². The van der Waals surface area contributed by atoms with Crippen LogP contribution >= 0.6 is 17.0 Å². The molecule has 70 heavy (non-hydrogen) atoms. The number of hydrogen-bond donors (Lipinski definition) is 0. The van der Waals surface area contributed by atoms with Gasteiger partial charge in [-0.05, 0) is 76.4 Å². The first-order valence-corrected chi connectivity index (χ1v) is 35.2. The summed E-state index contributed by atoms with van der Waals surface area (Å²) in [6.45, 7) is 14.1. The average molecular weight is 1080 g/mol. The molecule has 2 radical (unpaired) electrons.